The number of carbonyl (C=O) groups is 2. The number of rotatable bonds is 8. The number of hydrogen-bond acceptors (Lipinski definition) is 6. The topological polar surface area (TPSA) is 99.7 Å². The minimum Gasteiger partial charge on any atom is -0.598 e. The van der Waals surface area contributed by atoms with Crippen LogP contribution in [0, 0.1) is 0 Å². The predicted molar refractivity (Wildman–Crippen MR) is 122 cm³/mol. The third kappa shape index (κ3) is 7.57. The second-order valence-electron chi connectivity index (χ2n) is 8.34. The molecule has 2 rings (SSSR count). The van der Waals surface area contributed by atoms with Crippen molar-refractivity contribution in [3.63, 3.8) is 0 Å². The van der Waals surface area contributed by atoms with Crippen LogP contribution < -0.4 is 10.0 Å². The van der Waals surface area contributed by atoms with Crippen molar-refractivity contribution < 1.29 is 23.6 Å². The Labute approximate surface area is 186 Å². The average Bonchev–Trinajstić information content (AvgIpc) is 2.72. The van der Waals surface area contributed by atoms with Gasteiger partial charge in [-0.3, -0.25) is 10.1 Å². The van der Waals surface area contributed by atoms with Crippen molar-refractivity contribution in [2.24, 2.45) is 0 Å². The Bertz CT molecular complexity index is 885. The van der Waals surface area contributed by atoms with Crippen LogP contribution in [0.4, 0.5) is 10.5 Å². The van der Waals surface area contributed by atoms with Crippen LogP contribution in [0.5, 0.6) is 0 Å². The summed E-state index contributed by atoms with van der Waals surface area (Å²) in [6, 6.07) is 16.4. The Hall–Kier alpha value is -2.55. The van der Waals surface area contributed by atoms with Crippen molar-refractivity contribution in [1.29, 1.82) is 0 Å². The minimum atomic E-state index is -1.44. The molecular formula is C23H30N2O5S. The van der Waals surface area contributed by atoms with E-state index in [4.69, 9.17) is 9.47 Å². The van der Waals surface area contributed by atoms with Gasteiger partial charge >= 0.3 is 12.1 Å². The van der Waals surface area contributed by atoms with E-state index in [0.717, 1.165) is 5.56 Å². The fourth-order valence-corrected chi connectivity index (χ4v) is 3.64. The fraction of sp³-hybridized carbons (Fsp3) is 0.391. The molecular weight excluding hydrogens is 416 g/mol. The predicted octanol–water partition coefficient (Wildman–Crippen LogP) is 4.27. The van der Waals surface area contributed by atoms with Gasteiger partial charge in [-0.05, 0) is 51.0 Å². The molecule has 0 aromatic heterocycles. The second-order valence-corrected chi connectivity index (χ2v) is 10.3. The lowest BCUT2D eigenvalue weighted by atomic mass is 9.89. The molecule has 0 aliphatic carbocycles. The Morgan fingerprint density at radius 1 is 1.03 bits per heavy atom. The maximum absolute atomic E-state index is 12.8. The van der Waals surface area contributed by atoms with Crippen molar-refractivity contribution in [3.8, 4) is 0 Å². The SMILES string of the molecule is COC(=O)C[C@](C)(N[S+]([O-])C(C)(C)C)c1cccc(NC(=O)OCc2ccccc2)c1. The molecule has 2 aromatic rings. The number of ether oxygens (including phenoxy) is 2. The Kier molecular flexibility index (Phi) is 8.50. The van der Waals surface area contributed by atoms with Gasteiger partial charge in [-0.15, -0.1) is 4.72 Å². The van der Waals surface area contributed by atoms with E-state index in [9.17, 15) is 14.1 Å². The highest BCUT2D eigenvalue weighted by Gasteiger charge is 2.39. The van der Waals surface area contributed by atoms with Gasteiger partial charge in [0.15, 0.2) is 0 Å². The summed E-state index contributed by atoms with van der Waals surface area (Å²) in [7, 11) is 1.31. The highest BCUT2D eigenvalue weighted by molar-refractivity contribution is 7.90. The number of amides is 1. The molecule has 31 heavy (non-hydrogen) atoms. The molecule has 2 N–H and O–H groups in total. The molecule has 0 radical (unpaired) electrons. The Morgan fingerprint density at radius 3 is 2.32 bits per heavy atom. The first-order valence-electron chi connectivity index (χ1n) is 9.88. The zero-order valence-corrected chi connectivity index (χ0v) is 19.4. The maximum atomic E-state index is 12.8. The van der Waals surface area contributed by atoms with E-state index in [1.807, 2.05) is 51.1 Å². The van der Waals surface area contributed by atoms with E-state index in [-0.39, 0.29) is 13.0 Å². The van der Waals surface area contributed by atoms with Gasteiger partial charge in [0.25, 0.3) is 0 Å². The van der Waals surface area contributed by atoms with E-state index >= 15 is 0 Å². The number of hydrogen-bond donors (Lipinski definition) is 2. The number of benzene rings is 2. The van der Waals surface area contributed by atoms with Crippen LogP contribution in [0.1, 0.15) is 45.2 Å². The van der Waals surface area contributed by atoms with Crippen LogP contribution in [0.15, 0.2) is 54.6 Å². The van der Waals surface area contributed by atoms with Crippen LogP contribution in [-0.4, -0.2) is 28.5 Å². The standard InChI is InChI=1S/C23H30N2O5S/c1-22(2,3)31(28)25-23(4,15-20(26)29-5)18-12-9-13-19(14-18)24-21(27)30-16-17-10-7-6-8-11-17/h6-14,25H,15-16H2,1-5H3,(H,24,27)/t23-,31?/m0/s1. The summed E-state index contributed by atoms with van der Waals surface area (Å²) < 4.78 is 25.4. The first kappa shape index (κ1) is 24.7. The summed E-state index contributed by atoms with van der Waals surface area (Å²) in [6.07, 6.45) is -0.630. The Balaban J connectivity index is 2.17. The summed E-state index contributed by atoms with van der Waals surface area (Å²) in [4.78, 5) is 24.3. The molecule has 2 atom stereocenters. The van der Waals surface area contributed by atoms with Crippen molar-refractivity contribution in [3.05, 3.63) is 65.7 Å². The van der Waals surface area contributed by atoms with Crippen LogP contribution in [-0.2, 0) is 37.8 Å². The van der Waals surface area contributed by atoms with Crippen LogP contribution in [0.2, 0.25) is 0 Å². The monoisotopic (exact) mass is 446 g/mol. The third-order valence-electron chi connectivity index (χ3n) is 4.56. The lowest BCUT2D eigenvalue weighted by Crippen LogP contribution is -2.51. The number of esters is 1. The molecule has 2 aromatic carbocycles. The summed E-state index contributed by atoms with van der Waals surface area (Å²) in [6.45, 7) is 7.46. The van der Waals surface area contributed by atoms with Gasteiger partial charge in [0.05, 0.1) is 19.1 Å². The van der Waals surface area contributed by atoms with Crippen molar-refractivity contribution in [2.75, 3.05) is 12.4 Å². The zero-order chi connectivity index (χ0) is 23.1. The average molecular weight is 447 g/mol. The lowest BCUT2D eigenvalue weighted by Gasteiger charge is -2.34. The first-order valence-corrected chi connectivity index (χ1v) is 11.0. The normalized spacial score (nSPS) is 14.3. The number of anilines is 1. The summed E-state index contributed by atoms with van der Waals surface area (Å²) in [5, 5.41) is 2.69. The van der Waals surface area contributed by atoms with E-state index in [1.165, 1.54) is 7.11 Å². The molecule has 0 spiro atoms. The lowest BCUT2D eigenvalue weighted by molar-refractivity contribution is -0.142. The zero-order valence-electron chi connectivity index (χ0n) is 18.6. The van der Waals surface area contributed by atoms with Gasteiger partial charge in [0.2, 0.25) is 0 Å². The van der Waals surface area contributed by atoms with Gasteiger partial charge in [-0.1, -0.05) is 42.5 Å². The van der Waals surface area contributed by atoms with Crippen molar-refractivity contribution in [1.82, 2.24) is 4.72 Å². The van der Waals surface area contributed by atoms with E-state index < -0.39 is 33.7 Å². The van der Waals surface area contributed by atoms with Gasteiger partial charge in [0.1, 0.15) is 11.4 Å². The molecule has 1 amide bonds. The first-order chi connectivity index (χ1) is 14.5. The van der Waals surface area contributed by atoms with Crippen LogP contribution >= 0.6 is 0 Å². The quantitative estimate of drug-likeness (QED) is 0.464. The highest BCUT2D eigenvalue weighted by Crippen LogP contribution is 2.30. The third-order valence-corrected chi connectivity index (χ3v) is 6.31. The van der Waals surface area contributed by atoms with Crippen molar-refractivity contribution >= 4 is 29.1 Å². The van der Waals surface area contributed by atoms with Crippen LogP contribution in [0.3, 0.4) is 0 Å². The molecule has 7 nitrogen and oxygen atoms in total. The summed E-state index contributed by atoms with van der Waals surface area (Å²) in [5.74, 6) is -0.443. The number of methoxy groups -OCH3 is 1. The van der Waals surface area contributed by atoms with Gasteiger partial charge < -0.3 is 14.0 Å². The molecule has 0 bridgehead atoms. The molecule has 168 valence electrons. The molecule has 0 saturated heterocycles. The Morgan fingerprint density at radius 2 is 1.71 bits per heavy atom. The smallest absolute Gasteiger partial charge is 0.411 e. The molecule has 0 aliphatic heterocycles. The van der Waals surface area contributed by atoms with Gasteiger partial charge in [-0.25, -0.2) is 4.79 Å². The van der Waals surface area contributed by atoms with Gasteiger partial charge in [-0.2, -0.15) is 0 Å². The molecule has 8 heteroatoms. The van der Waals surface area contributed by atoms with E-state index in [2.05, 4.69) is 10.0 Å². The minimum absolute atomic E-state index is 0.0345. The number of nitrogens with one attached hydrogen (secondary N) is 2. The molecule has 0 heterocycles. The molecule has 0 saturated carbocycles. The molecule has 1 unspecified atom stereocenters. The second kappa shape index (κ2) is 10.7. The molecule has 0 fully saturated rings. The highest BCUT2D eigenvalue weighted by atomic mass is 32.2. The molecule has 0 aliphatic rings. The summed E-state index contributed by atoms with van der Waals surface area (Å²) in [5.41, 5.74) is 1.08. The van der Waals surface area contributed by atoms with E-state index in [0.29, 0.717) is 11.3 Å². The van der Waals surface area contributed by atoms with Gasteiger partial charge in [0, 0.05) is 17.0 Å². The van der Waals surface area contributed by atoms with E-state index in [1.54, 1.807) is 31.2 Å². The van der Waals surface area contributed by atoms with Crippen molar-refractivity contribution in [2.45, 2.75) is 51.0 Å². The number of carbonyl (C=O) groups excluding carboxylic acids is 2. The maximum Gasteiger partial charge on any atom is 0.411 e. The van der Waals surface area contributed by atoms with Crippen LogP contribution in [0.25, 0.3) is 0 Å². The largest absolute Gasteiger partial charge is 0.598 e. The summed E-state index contributed by atoms with van der Waals surface area (Å²) >= 11 is -1.44. The fourth-order valence-electron chi connectivity index (χ4n) is 2.73.